The summed E-state index contributed by atoms with van der Waals surface area (Å²) in [6.07, 6.45) is 3.87. The molecule has 1 saturated heterocycles. The highest BCUT2D eigenvalue weighted by atomic mass is 16.2. The first-order valence-electron chi connectivity index (χ1n) is 8.52. The van der Waals surface area contributed by atoms with Gasteiger partial charge in [-0.05, 0) is 43.0 Å². The van der Waals surface area contributed by atoms with Crippen LogP contribution in [0.1, 0.15) is 41.1 Å². The molecule has 1 aromatic carbocycles. The zero-order valence-electron chi connectivity index (χ0n) is 14.8. The molecule has 3 atom stereocenters. The quantitative estimate of drug-likeness (QED) is 0.906. The molecule has 1 aromatic heterocycles. The molecule has 0 radical (unpaired) electrons. The molecule has 1 fully saturated rings. The van der Waals surface area contributed by atoms with Crippen LogP contribution in [0.2, 0.25) is 0 Å². The van der Waals surface area contributed by atoms with Crippen LogP contribution in [0.25, 0.3) is 0 Å². The zero-order chi connectivity index (χ0) is 17.3. The lowest BCUT2D eigenvalue weighted by molar-refractivity contribution is -0.125. The van der Waals surface area contributed by atoms with Gasteiger partial charge in [0.2, 0.25) is 5.91 Å². The maximum absolute atomic E-state index is 12.8. The molecular weight excluding hydrogens is 300 g/mol. The molecular formula is C19H26N4O. The number of aryl methyl sites for hydroxylation is 3. The first-order chi connectivity index (χ1) is 11.5. The Morgan fingerprint density at radius 3 is 2.79 bits per heavy atom. The molecule has 5 nitrogen and oxygen atoms in total. The second-order valence-corrected chi connectivity index (χ2v) is 6.89. The van der Waals surface area contributed by atoms with Gasteiger partial charge in [0, 0.05) is 32.3 Å². The molecule has 128 valence electrons. The topological polar surface area (TPSA) is 59.0 Å². The van der Waals surface area contributed by atoms with Gasteiger partial charge in [0.05, 0.1) is 18.2 Å². The molecule has 1 amide bonds. The summed E-state index contributed by atoms with van der Waals surface area (Å²) in [7, 11) is 1.91. The summed E-state index contributed by atoms with van der Waals surface area (Å²) in [5.74, 6) is 0.244. The predicted octanol–water partition coefficient (Wildman–Crippen LogP) is 2.22. The van der Waals surface area contributed by atoms with Crippen molar-refractivity contribution < 1.29 is 4.79 Å². The van der Waals surface area contributed by atoms with Crippen LogP contribution in [0, 0.1) is 19.8 Å². The molecule has 2 heterocycles. The number of nitrogens with zero attached hydrogens (tertiary/aromatic N) is 2. The van der Waals surface area contributed by atoms with Crippen molar-refractivity contribution in [3.8, 4) is 0 Å². The Balaban J connectivity index is 1.70. The van der Waals surface area contributed by atoms with E-state index in [4.69, 9.17) is 0 Å². The van der Waals surface area contributed by atoms with Crippen LogP contribution in [0.3, 0.4) is 0 Å². The Hall–Kier alpha value is -2.14. The molecule has 2 N–H and O–H groups in total. The number of amides is 1. The molecule has 0 spiro atoms. The third-order valence-corrected chi connectivity index (χ3v) is 5.09. The molecule has 0 bridgehead atoms. The van der Waals surface area contributed by atoms with Crippen LogP contribution in [0.4, 0.5) is 0 Å². The minimum Gasteiger partial charge on any atom is -0.349 e. The van der Waals surface area contributed by atoms with Gasteiger partial charge in [-0.25, -0.2) is 0 Å². The van der Waals surface area contributed by atoms with E-state index in [2.05, 4.69) is 47.8 Å². The van der Waals surface area contributed by atoms with E-state index in [0.717, 1.165) is 17.7 Å². The van der Waals surface area contributed by atoms with E-state index < -0.39 is 0 Å². The van der Waals surface area contributed by atoms with Gasteiger partial charge in [0.25, 0.3) is 0 Å². The monoisotopic (exact) mass is 326 g/mol. The maximum atomic E-state index is 12.8. The van der Waals surface area contributed by atoms with Crippen molar-refractivity contribution in [1.82, 2.24) is 20.4 Å². The van der Waals surface area contributed by atoms with Crippen LogP contribution in [-0.2, 0) is 11.8 Å². The highest BCUT2D eigenvalue weighted by molar-refractivity contribution is 5.81. The molecule has 24 heavy (non-hydrogen) atoms. The van der Waals surface area contributed by atoms with Crippen molar-refractivity contribution in [2.75, 3.05) is 13.1 Å². The number of hydrogen-bond acceptors (Lipinski definition) is 3. The Labute approximate surface area is 143 Å². The number of rotatable bonds is 4. The van der Waals surface area contributed by atoms with Crippen molar-refractivity contribution >= 4 is 5.91 Å². The number of carbonyl (C=O) groups excluding carboxylic acids is 1. The van der Waals surface area contributed by atoms with E-state index >= 15 is 0 Å². The lowest BCUT2D eigenvalue weighted by Gasteiger charge is -2.21. The summed E-state index contributed by atoms with van der Waals surface area (Å²) in [6.45, 7) is 7.79. The number of hydrogen-bond donors (Lipinski definition) is 2. The van der Waals surface area contributed by atoms with Crippen LogP contribution in [-0.4, -0.2) is 28.8 Å². The van der Waals surface area contributed by atoms with Crippen molar-refractivity contribution in [1.29, 1.82) is 0 Å². The van der Waals surface area contributed by atoms with Gasteiger partial charge in [-0.2, -0.15) is 5.10 Å². The second-order valence-electron chi connectivity index (χ2n) is 6.89. The molecule has 1 aliphatic rings. The number of carbonyl (C=O) groups is 1. The predicted molar refractivity (Wildman–Crippen MR) is 94.8 cm³/mol. The summed E-state index contributed by atoms with van der Waals surface area (Å²) < 4.78 is 1.79. The average Bonchev–Trinajstić information content (AvgIpc) is 3.18. The highest BCUT2D eigenvalue weighted by Crippen LogP contribution is 2.28. The summed E-state index contributed by atoms with van der Waals surface area (Å²) in [6, 6.07) is 6.37. The van der Waals surface area contributed by atoms with Gasteiger partial charge in [0.1, 0.15) is 0 Å². The van der Waals surface area contributed by atoms with E-state index in [-0.39, 0.29) is 23.8 Å². The fourth-order valence-corrected chi connectivity index (χ4v) is 3.37. The normalized spacial score (nSPS) is 21.7. The van der Waals surface area contributed by atoms with E-state index in [9.17, 15) is 4.79 Å². The molecule has 2 aromatic rings. The van der Waals surface area contributed by atoms with Crippen molar-refractivity contribution in [3.05, 3.63) is 52.8 Å². The lowest BCUT2D eigenvalue weighted by atomic mass is 9.90. The fourth-order valence-electron chi connectivity index (χ4n) is 3.37. The first kappa shape index (κ1) is 16.7. The van der Waals surface area contributed by atoms with E-state index in [0.29, 0.717) is 6.54 Å². The molecule has 0 aliphatic carbocycles. The minimum atomic E-state index is -0.0526. The third kappa shape index (κ3) is 3.36. The SMILES string of the molecule is Cc1ccc(C(C)NC(=O)[C@H]2CNC[C@@H]2c2cnn(C)c2)cc1C. The van der Waals surface area contributed by atoms with E-state index in [1.807, 2.05) is 26.4 Å². The Morgan fingerprint density at radius 2 is 2.12 bits per heavy atom. The number of nitrogens with one attached hydrogen (secondary N) is 2. The summed E-state index contributed by atoms with van der Waals surface area (Å²) >= 11 is 0. The number of aromatic nitrogens is 2. The Kier molecular flexibility index (Phi) is 4.71. The molecule has 3 rings (SSSR count). The smallest absolute Gasteiger partial charge is 0.225 e. The van der Waals surface area contributed by atoms with Crippen LogP contribution >= 0.6 is 0 Å². The van der Waals surface area contributed by atoms with Gasteiger partial charge in [-0.3, -0.25) is 9.48 Å². The van der Waals surface area contributed by atoms with Crippen molar-refractivity contribution in [2.24, 2.45) is 13.0 Å². The minimum absolute atomic E-state index is 0.00643. The summed E-state index contributed by atoms with van der Waals surface area (Å²) in [5, 5.41) is 10.8. The van der Waals surface area contributed by atoms with Gasteiger partial charge in [-0.1, -0.05) is 18.2 Å². The van der Waals surface area contributed by atoms with Crippen molar-refractivity contribution in [2.45, 2.75) is 32.7 Å². The molecule has 5 heteroatoms. The Bertz CT molecular complexity index is 737. The summed E-state index contributed by atoms with van der Waals surface area (Å²) in [5.41, 5.74) is 4.80. The van der Waals surface area contributed by atoms with Gasteiger partial charge in [0.15, 0.2) is 0 Å². The average molecular weight is 326 g/mol. The second kappa shape index (κ2) is 6.77. The summed E-state index contributed by atoms with van der Waals surface area (Å²) in [4.78, 5) is 12.8. The third-order valence-electron chi connectivity index (χ3n) is 5.09. The first-order valence-corrected chi connectivity index (χ1v) is 8.52. The molecule has 1 aliphatic heterocycles. The van der Waals surface area contributed by atoms with E-state index in [1.54, 1.807) is 4.68 Å². The van der Waals surface area contributed by atoms with Crippen LogP contribution in [0.15, 0.2) is 30.6 Å². The standard InChI is InChI=1S/C19H26N4O/c1-12-5-6-15(7-13(12)2)14(3)22-19(24)18-10-20-9-17(18)16-8-21-23(4)11-16/h5-8,11,14,17-18,20H,9-10H2,1-4H3,(H,22,24)/t14?,17-,18+/m1/s1. The fraction of sp³-hybridized carbons (Fsp3) is 0.474. The van der Waals surface area contributed by atoms with Gasteiger partial charge < -0.3 is 10.6 Å². The number of benzene rings is 1. The largest absolute Gasteiger partial charge is 0.349 e. The highest BCUT2D eigenvalue weighted by Gasteiger charge is 2.35. The van der Waals surface area contributed by atoms with Gasteiger partial charge >= 0.3 is 0 Å². The molecule has 0 saturated carbocycles. The lowest BCUT2D eigenvalue weighted by Crippen LogP contribution is -2.36. The molecule has 1 unspecified atom stereocenters. The van der Waals surface area contributed by atoms with Crippen molar-refractivity contribution in [3.63, 3.8) is 0 Å². The Morgan fingerprint density at radius 1 is 1.33 bits per heavy atom. The maximum Gasteiger partial charge on any atom is 0.225 e. The van der Waals surface area contributed by atoms with Crippen LogP contribution < -0.4 is 10.6 Å². The van der Waals surface area contributed by atoms with Crippen LogP contribution in [0.5, 0.6) is 0 Å². The zero-order valence-corrected chi connectivity index (χ0v) is 14.8. The van der Waals surface area contributed by atoms with E-state index in [1.165, 1.54) is 11.1 Å². The van der Waals surface area contributed by atoms with Gasteiger partial charge in [-0.15, -0.1) is 0 Å².